The number of esters is 2. The molecule has 1 amide bonds. The molecule has 63 heavy (non-hydrogen) atoms. The number of ether oxygens (including phenoxy) is 5. The fourth-order valence-corrected chi connectivity index (χ4v) is 8.59. The first kappa shape index (κ1) is 53.0. The minimum Gasteiger partial charge on any atom is -0.510 e. The molecule has 14 unspecified atom stereocenters. The normalized spacial score (nSPS) is 33.4. The molecular weight excluding hydrogens is 815 g/mol. The number of carbonyl (C=O) groups is 4. The van der Waals surface area contributed by atoms with Crippen molar-refractivity contribution in [2.24, 2.45) is 35.5 Å². The number of cyclic esters (lactones) is 1. The van der Waals surface area contributed by atoms with Gasteiger partial charge < -0.3 is 54.5 Å². The number of allylic oxidation sites excluding steroid dienone is 8. The summed E-state index contributed by atoms with van der Waals surface area (Å²) in [6, 6.07) is 0. The summed E-state index contributed by atoms with van der Waals surface area (Å²) < 4.78 is 29.5. The lowest BCUT2D eigenvalue weighted by Gasteiger charge is -2.48. The van der Waals surface area contributed by atoms with Crippen molar-refractivity contribution in [1.82, 2.24) is 5.32 Å². The average Bonchev–Trinajstić information content (AvgIpc) is 3.55. The lowest BCUT2D eigenvalue weighted by Crippen LogP contribution is -2.58. The molecule has 15 nitrogen and oxygen atoms in total. The van der Waals surface area contributed by atoms with Gasteiger partial charge in [-0.3, -0.25) is 9.59 Å². The Morgan fingerprint density at radius 2 is 1.75 bits per heavy atom. The van der Waals surface area contributed by atoms with Crippen LogP contribution in [-0.2, 0) is 42.9 Å². The Bertz CT molecular complexity index is 1830. The van der Waals surface area contributed by atoms with Crippen LogP contribution in [0.2, 0.25) is 0 Å². The molecular formula is C48H71NO14. The van der Waals surface area contributed by atoms with Crippen LogP contribution in [0.4, 0.5) is 0 Å². The molecule has 1 fully saturated rings. The number of carbonyl (C=O) groups excluding carboxylic acids is 4. The van der Waals surface area contributed by atoms with Gasteiger partial charge in [-0.2, -0.15) is 0 Å². The maximum Gasteiger partial charge on any atom is 0.373 e. The summed E-state index contributed by atoms with van der Waals surface area (Å²) >= 11 is 0. The molecule has 15 heteroatoms. The van der Waals surface area contributed by atoms with Gasteiger partial charge in [0.2, 0.25) is 11.7 Å². The SMILES string of the molecule is CC=CC1OC(O)(C(C)C(O)C(C)C2OC(=O)C(OC)=CC(C)=CC(C)C(O)C(CC)C(O)C(C)CC(C)=CC=CC2OC)CC(OC(=O)C=CC(=O)NC2=C(O)CCC2=O)C1C. The zero-order valence-corrected chi connectivity index (χ0v) is 38.6. The van der Waals surface area contributed by atoms with Crippen molar-refractivity contribution < 1.29 is 68.4 Å². The molecule has 3 rings (SSSR count). The van der Waals surface area contributed by atoms with Crippen LogP contribution in [0.1, 0.15) is 94.4 Å². The highest BCUT2D eigenvalue weighted by molar-refractivity contribution is 6.04. The third kappa shape index (κ3) is 14.1. The second-order valence-electron chi connectivity index (χ2n) is 17.4. The number of methoxy groups -OCH3 is 2. The minimum atomic E-state index is -2.10. The van der Waals surface area contributed by atoms with Gasteiger partial charge in [0.25, 0.3) is 0 Å². The summed E-state index contributed by atoms with van der Waals surface area (Å²) in [7, 11) is 2.75. The van der Waals surface area contributed by atoms with E-state index in [4.69, 9.17) is 23.7 Å². The summed E-state index contributed by atoms with van der Waals surface area (Å²) in [5, 5.41) is 59.2. The Labute approximate surface area is 372 Å². The zero-order chi connectivity index (χ0) is 47.3. The van der Waals surface area contributed by atoms with Crippen LogP contribution in [0.3, 0.4) is 0 Å². The highest BCUT2D eigenvalue weighted by Gasteiger charge is 2.52. The first-order valence-corrected chi connectivity index (χ1v) is 21.9. The Hall–Kier alpha value is -4.38. The number of hydrogen-bond acceptors (Lipinski definition) is 14. The molecule has 0 aromatic carbocycles. The molecule has 0 saturated carbocycles. The van der Waals surface area contributed by atoms with Crippen molar-refractivity contribution >= 4 is 23.6 Å². The lowest BCUT2D eigenvalue weighted by molar-refractivity contribution is -0.314. The Morgan fingerprint density at radius 1 is 1.06 bits per heavy atom. The number of amides is 1. The molecule has 0 aromatic heterocycles. The van der Waals surface area contributed by atoms with Crippen LogP contribution in [0.5, 0.6) is 0 Å². The Balaban J connectivity index is 1.97. The number of hydrogen-bond donors (Lipinski definition) is 6. The predicted molar refractivity (Wildman–Crippen MR) is 235 cm³/mol. The van der Waals surface area contributed by atoms with E-state index in [1.807, 2.05) is 33.8 Å². The van der Waals surface area contributed by atoms with Gasteiger partial charge in [-0.25, -0.2) is 9.59 Å². The van der Waals surface area contributed by atoms with E-state index in [2.05, 4.69) is 5.32 Å². The molecule has 6 N–H and O–H groups in total. The first-order chi connectivity index (χ1) is 29.6. The molecule has 0 bridgehead atoms. The second-order valence-corrected chi connectivity index (χ2v) is 17.4. The van der Waals surface area contributed by atoms with Gasteiger partial charge in [-0.05, 0) is 45.6 Å². The van der Waals surface area contributed by atoms with Crippen molar-refractivity contribution in [1.29, 1.82) is 0 Å². The number of nitrogens with one attached hydrogen (secondary N) is 1. The van der Waals surface area contributed by atoms with Gasteiger partial charge in [0.1, 0.15) is 29.8 Å². The topological polar surface area (TPSA) is 228 Å². The fraction of sp³-hybridized carbons (Fsp3) is 0.625. The van der Waals surface area contributed by atoms with Crippen LogP contribution >= 0.6 is 0 Å². The summed E-state index contributed by atoms with van der Waals surface area (Å²) in [4.78, 5) is 51.4. The van der Waals surface area contributed by atoms with E-state index in [0.717, 1.165) is 17.7 Å². The third-order valence-electron chi connectivity index (χ3n) is 12.6. The maximum atomic E-state index is 13.9. The molecule has 2 aliphatic heterocycles. The van der Waals surface area contributed by atoms with Crippen LogP contribution < -0.4 is 5.32 Å². The van der Waals surface area contributed by atoms with E-state index in [-0.39, 0.29) is 48.3 Å². The van der Waals surface area contributed by atoms with Gasteiger partial charge in [0, 0.05) is 68.1 Å². The van der Waals surface area contributed by atoms with Gasteiger partial charge in [0.15, 0.2) is 11.6 Å². The van der Waals surface area contributed by atoms with Crippen molar-refractivity contribution in [3.8, 4) is 0 Å². The molecule has 3 aliphatic rings. The number of aliphatic hydroxyl groups is 5. The summed E-state index contributed by atoms with van der Waals surface area (Å²) in [5.41, 5.74) is 1.32. The van der Waals surface area contributed by atoms with E-state index >= 15 is 0 Å². The molecule has 1 aliphatic carbocycles. The second kappa shape index (κ2) is 24.1. The van der Waals surface area contributed by atoms with Gasteiger partial charge in [-0.1, -0.05) is 89.1 Å². The van der Waals surface area contributed by atoms with E-state index in [1.54, 1.807) is 65.0 Å². The Kier molecular flexibility index (Phi) is 20.2. The van der Waals surface area contributed by atoms with E-state index in [0.29, 0.717) is 18.4 Å². The monoisotopic (exact) mass is 885 g/mol. The van der Waals surface area contributed by atoms with E-state index in [9.17, 15) is 44.7 Å². The zero-order valence-electron chi connectivity index (χ0n) is 38.6. The Morgan fingerprint density at radius 3 is 2.33 bits per heavy atom. The van der Waals surface area contributed by atoms with Crippen molar-refractivity contribution in [2.75, 3.05) is 14.2 Å². The fourth-order valence-electron chi connectivity index (χ4n) is 8.59. The third-order valence-corrected chi connectivity index (χ3v) is 12.6. The molecule has 0 spiro atoms. The predicted octanol–water partition coefficient (Wildman–Crippen LogP) is 5.36. The number of rotatable bonds is 12. The number of ketones is 1. The summed E-state index contributed by atoms with van der Waals surface area (Å²) in [5.74, 6) is -8.99. The molecule has 0 aromatic rings. The lowest BCUT2D eigenvalue weighted by atomic mass is 9.77. The number of Topliss-reactive ketones (excluding diaryl/α,β-unsaturated/α-hetero) is 1. The highest BCUT2D eigenvalue weighted by atomic mass is 16.6. The van der Waals surface area contributed by atoms with Crippen molar-refractivity contribution in [2.45, 2.75) is 143 Å². The largest absolute Gasteiger partial charge is 0.510 e. The van der Waals surface area contributed by atoms with Crippen LogP contribution in [0, 0.1) is 35.5 Å². The molecule has 0 radical (unpaired) electrons. The number of aliphatic hydroxyl groups excluding tert-OH is 4. The highest BCUT2D eigenvalue weighted by Crippen LogP contribution is 2.41. The molecule has 2 heterocycles. The average molecular weight is 886 g/mol. The van der Waals surface area contributed by atoms with E-state index in [1.165, 1.54) is 20.3 Å². The maximum absolute atomic E-state index is 13.9. The van der Waals surface area contributed by atoms with Crippen LogP contribution in [-0.4, -0.2) is 112 Å². The van der Waals surface area contributed by atoms with E-state index < -0.39 is 95.8 Å². The van der Waals surface area contributed by atoms with Crippen LogP contribution in [0.15, 0.2) is 83.0 Å². The van der Waals surface area contributed by atoms with Crippen molar-refractivity contribution in [3.63, 3.8) is 0 Å². The summed E-state index contributed by atoms with van der Waals surface area (Å²) in [6.45, 7) is 16.1. The van der Waals surface area contributed by atoms with Crippen molar-refractivity contribution in [3.05, 3.63) is 83.0 Å². The van der Waals surface area contributed by atoms with Crippen LogP contribution in [0.25, 0.3) is 0 Å². The molecule has 352 valence electrons. The quantitative estimate of drug-likeness (QED) is 0.0825. The molecule has 1 saturated heterocycles. The van der Waals surface area contributed by atoms with Gasteiger partial charge in [0.05, 0.1) is 31.5 Å². The van der Waals surface area contributed by atoms with Gasteiger partial charge in [-0.15, -0.1) is 0 Å². The molecule has 14 atom stereocenters. The standard InChI is InChI=1S/C48H71NO14/c1-12-15-36-30(7)39(61-41(53)21-20-40(52)49-42-34(50)18-19-35(42)51)25-48(58,63-36)32(9)45(56)31(8)46-37(59-10)17-14-16-26(3)22-28(5)43(54)33(13-2)44(55)29(6)23-27(4)24-38(60-11)47(57)62-46/h12,14-17,20-21,23-24,28-33,36-37,39,43-46,50,54-56,58H,13,18-19,22,25H2,1-11H3,(H,49,52). The van der Waals surface area contributed by atoms with Gasteiger partial charge >= 0.3 is 11.9 Å². The smallest absolute Gasteiger partial charge is 0.373 e. The summed E-state index contributed by atoms with van der Waals surface area (Å²) in [6.07, 6.45) is 7.80. The first-order valence-electron chi connectivity index (χ1n) is 21.9. The minimum absolute atomic E-state index is 0.0618.